The van der Waals surface area contributed by atoms with E-state index in [2.05, 4.69) is 9.72 Å². The highest BCUT2D eigenvalue weighted by Crippen LogP contribution is 1.92. The summed E-state index contributed by atoms with van der Waals surface area (Å²) in [4.78, 5) is 13.6. The van der Waals surface area contributed by atoms with Crippen LogP contribution in [-0.2, 0) is 23.2 Å². The first-order valence-corrected chi connectivity index (χ1v) is 4.31. The van der Waals surface area contributed by atoms with Crippen molar-refractivity contribution < 1.29 is 14.6 Å². The molecule has 0 aliphatic heterocycles. The number of hydrogen-bond acceptors (Lipinski definition) is 4. The smallest absolute Gasteiger partial charge is 0.302 e. The minimum absolute atomic E-state index is 0.0660. The van der Waals surface area contributed by atoms with Gasteiger partial charge in [-0.3, -0.25) is 4.79 Å². The first-order chi connectivity index (χ1) is 6.61. The van der Waals surface area contributed by atoms with Gasteiger partial charge in [0.25, 0.3) is 0 Å². The van der Waals surface area contributed by atoms with Gasteiger partial charge in [0.05, 0.1) is 31.4 Å². The van der Waals surface area contributed by atoms with Crippen molar-refractivity contribution >= 4 is 5.97 Å². The highest BCUT2D eigenvalue weighted by atomic mass is 16.5. The third-order valence-electron chi connectivity index (χ3n) is 1.43. The molecule has 0 unspecified atom stereocenters. The van der Waals surface area contributed by atoms with Crippen LogP contribution in [0.4, 0.5) is 0 Å². The molecule has 0 aliphatic rings. The van der Waals surface area contributed by atoms with Gasteiger partial charge in [0, 0.05) is 14.0 Å². The van der Waals surface area contributed by atoms with Crippen LogP contribution in [0.25, 0.3) is 0 Å². The van der Waals surface area contributed by atoms with Crippen LogP contribution >= 0.6 is 0 Å². The first-order valence-electron chi connectivity index (χ1n) is 4.31. The summed E-state index contributed by atoms with van der Waals surface area (Å²) in [6.07, 6.45) is 3.30. The molecule has 0 fully saturated rings. The molecule has 0 bridgehead atoms. The Labute approximate surface area is 83.3 Å². The van der Waals surface area contributed by atoms with Crippen molar-refractivity contribution in [3.05, 3.63) is 18.2 Å². The second-order valence-corrected chi connectivity index (χ2v) is 2.58. The van der Waals surface area contributed by atoms with E-state index in [4.69, 9.17) is 5.11 Å². The Balaban J connectivity index is 0.000000255. The summed E-state index contributed by atoms with van der Waals surface area (Å²) in [5, 5.41) is 8.55. The molecular formula is C9H16N2O3. The molecule has 0 spiro atoms. The standard InChI is InChI=1S/C5H8N2O.C4H8O2/c1-7-4-6-2-5(7)3-8;1-3-6-4(2)5/h2,4,8H,3H2,1H3;3H2,1-2H3. The molecule has 0 saturated heterocycles. The van der Waals surface area contributed by atoms with Gasteiger partial charge >= 0.3 is 5.97 Å². The maximum Gasteiger partial charge on any atom is 0.302 e. The monoisotopic (exact) mass is 200 g/mol. The third kappa shape index (κ3) is 5.31. The molecule has 0 aliphatic carbocycles. The van der Waals surface area contributed by atoms with Gasteiger partial charge < -0.3 is 14.4 Å². The fourth-order valence-corrected chi connectivity index (χ4v) is 0.740. The van der Waals surface area contributed by atoms with Crippen molar-refractivity contribution in [2.75, 3.05) is 6.61 Å². The van der Waals surface area contributed by atoms with Gasteiger partial charge in [-0.25, -0.2) is 4.98 Å². The van der Waals surface area contributed by atoms with Crippen LogP contribution in [-0.4, -0.2) is 27.2 Å². The van der Waals surface area contributed by atoms with Crippen LogP contribution in [0.5, 0.6) is 0 Å². The van der Waals surface area contributed by atoms with E-state index in [1.807, 2.05) is 7.05 Å². The molecule has 1 aromatic rings. The lowest BCUT2D eigenvalue weighted by Crippen LogP contribution is -1.95. The Bertz CT molecular complexity index is 271. The zero-order chi connectivity index (χ0) is 11.0. The molecule has 5 nitrogen and oxygen atoms in total. The van der Waals surface area contributed by atoms with Crippen LogP contribution in [0.1, 0.15) is 19.5 Å². The normalized spacial score (nSPS) is 8.86. The number of aliphatic hydroxyl groups excluding tert-OH is 1. The number of aliphatic hydroxyl groups is 1. The lowest BCUT2D eigenvalue weighted by Gasteiger charge is -1.92. The molecule has 1 heterocycles. The number of imidazole rings is 1. The molecule has 0 atom stereocenters. The van der Waals surface area contributed by atoms with E-state index < -0.39 is 0 Å². The molecule has 1 N–H and O–H groups in total. The van der Waals surface area contributed by atoms with Gasteiger partial charge in [0.2, 0.25) is 0 Å². The molecule has 0 saturated carbocycles. The number of nitrogens with zero attached hydrogens (tertiary/aromatic N) is 2. The van der Waals surface area contributed by atoms with Gasteiger partial charge in [0.1, 0.15) is 0 Å². The maximum absolute atomic E-state index is 9.82. The van der Waals surface area contributed by atoms with E-state index >= 15 is 0 Å². The number of aromatic nitrogens is 2. The Kier molecular flexibility index (Phi) is 6.39. The number of rotatable bonds is 2. The molecule has 1 aromatic heterocycles. The van der Waals surface area contributed by atoms with E-state index in [1.165, 1.54) is 6.92 Å². The number of esters is 1. The van der Waals surface area contributed by atoms with E-state index in [1.54, 1.807) is 24.0 Å². The lowest BCUT2D eigenvalue weighted by atomic mass is 10.5. The minimum Gasteiger partial charge on any atom is -0.466 e. The summed E-state index contributed by atoms with van der Waals surface area (Å²) in [6.45, 7) is 3.72. The average molecular weight is 200 g/mol. The second kappa shape index (κ2) is 7.08. The van der Waals surface area contributed by atoms with Crippen LogP contribution < -0.4 is 0 Å². The number of ether oxygens (including phenoxy) is 1. The van der Waals surface area contributed by atoms with Crippen molar-refractivity contribution in [3.8, 4) is 0 Å². The minimum atomic E-state index is -0.211. The summed E-state index contributed by atoms with van der Waals surface area (Å²) in [5.74, 6) is -0.211. The van der Waals surface area contributed by atoms with E-state index in [-0.39, 0.29) is 12.6 Å². The summed E-state index contributed by atoms with van der Waals surface area (Å²) >= 11 is 0. The van der Waals surface area contributed by atoms with Crippen molar-refractivity contribution in [2.45, 2.75) is 20.5 Å². The number of hydrogen-bond donors (Lipinski definition) is 1. The van der Waals surface area contributed by atoms with Gasteiger partial charge in [-0.1, -0.05) is 0 Å². The number of carbonyl (C=O) groups is 1. The molecule has 80 valence electrons. The van der Waals surface area contributed by atoms with Crippen LogP contribution in [0.3, 0.4) is 0 Å². The topological polar surface area (TPSA) is 64.4 Å². The van der Waals surface area contributed by atoms with Gasteiger partial charge in [0.15, 0.2) is 0 Å². The highest BCUT2D eigenvalue weighted by Gasteiger charge is 1.91. The van der Waals surface area contributed by atoms with Gasteiger partial charge in [-0.05, 0) is 6.92 Å². The third-order valence-corrected chi connectivity index (χ3v) is 1.43. The molecule has 5 heteroatoms. The van der Waals surface area contributed by atoms with Crippen molar-refractivity contribution in [2.24, 2.45) is 7.05 Å². The van der Waals surface area contributed by atoms with E-state index in [9.17, 15) is 4.79 Å². The number of carbonyl (C=O) groups excluding carboxylic acids is 1. The zero-order valence-corrected chi connectivity index (χ0v) is 8.73. The molecule has 0 aromatic carbocycles. The summed E-state index contributed by atoms with van der Waals surface area (Å²) < 4.78 is 6.18. The molecular weight excluding hydrogens is 184 g/mol. The lowest BCUT2D eigenvalue weighted by molar-refractivity contribution is -0.140. The largest absolute Gasteiger partial charge is 0.466 e. The van der Waals surface area contributed by atoms with Crippen LogP contribution in [0.15, 0.2) is 12.5 Å². The van der Waals surface area contributed by atoms with E-state index in [0.717, 1.165) is 5.69 Å². The molecule has 0 amide bonds. The van der Waals surface area contributed by atoms with E-state index in [0.29, 0.717) is 6.61 Å². The Morgan fingerprint density at radius 3 is 2.50 bits per heavy atom. The van der Waals surface area contributed by atoms with Crippen LogP contribution in [0.2, 0.25) is 0 Å². The van der Waals surface area contributed by atoms with Crippen molar-refractivity contribution in [1.82, 2.24) is 9.55 Å². The fraction of sp³-hybridized carbons (Fsp3) is 0.556. The fourth-order valence-electron chi connectivity index (χ4n) is 0.740. The molecule has 0 radical (unpaired) electrons. The molecule has 14 heavy (non-hydrogen) atoms. The Hall–Kier alpha value is -1.36. The predicted molar refractivity (Wildman–Crippen MR) is 51.4 cm³/mol. The molecule has 1 rings (SSSR count). The maximum atomic E-state index is 9.82. The van der Waals surface area contributed by atoms with Crippen LogP contribution in [0, 0.1) is 0 Å². The Morgan fingerprint density at radius 2 is 2.36 bits per heavy atom. The Morgan fingerprint density at radius 1 is 1.71 bits per heavy atom. The SMILES string of the molecule is CCOC(C)=O.Cn1cncc1CO. The zero-order valence-electron chi connectivity index (χ0n) is 8.73. The predicted octanol–water partition coefficient (Wildman–Crippen LogP) is 0.482. The summed E-state index contributed by atoms with van der Waals surface area (Å²) in [5.41, 5.74) is 0.838. The first kappa shape index (κ1) is 12.6. The summed E-state index contributed by atoms with van der Waals surface area (Å²) in [6, 6.07) is 0. The van der Waals surface area contributed by atoms with Crippen molar-refractivity contribution in [3.63, 3.8) is 0 Å². The van der Waals surface area contributed by atoms with Gasteiger partial charge in [-0.15, -0.1) is 0 Å². The summed E-state index contributed by atoms with van der Waals surface area (Å²) in [7, 11) is 1.85. The average Bonchev–Trinajstić information content (AvgIpc) is 2.51. The quantitative estimate of drug-likeness (QED) is 0.705. The number of aryl methyl sites for hydroxylation is 1. The highest BCUT2D eigenvalue weighted by molar-refractivity contribution is 5.65. The van der Waals surface area contributed by atoms with Crippen molar-refractivity contribution in [1.29, 1.82) is 0 Å². The second-order valence-electron chi connectivity index (χ2n) is 2.58. The van der Waals surface area contributed by atoms with Gasteiger partial charge in [-0.2, -0.15) is 0 Å².